The Morgan fingerprint density at radius 2 is 1.68 bits per heavy atom. The van der Waals surface area contributed by atoms with Gasteiger partial charge in [-0.05, 0) is 29.3 Å². The van der Waals surface area contributed by atoms with Gasteiger partial charge in [0.15, 0.2) is 0 Å². The van der Waals surface area contributed by atoms with Crippen LogP contribution < -0.4 is 21.4 Å². The zero-order valence-electron chi connectivity index (χ0n) is 20.8. The average molecular weight is 513 g/mol. The molecule has 10 nitrogen and oxygen atoms in total. The number of ether oxygens (including phenoxy) is 1. The third-order valence-corrected chi connectivity index (χ3v) is 5.33. The van der Waals surface area contributed by atoms with Gasteiger partial charge in [-0.1, -0.05) is 72.2 Å². The fourth-order valence-corrected chi connectivity index (χ4v) is 3.47. The van der Waals surface area contributed by atoms with E-state index in [-0.39, 0.29) is 25.5 Å². The Balaban J connectivity index is 1.57. The molecular formula is C28H28N6O4. The fraction of sp³-hybridized carbons (Fsp3) is 0.179. The summed E-state index contributed by atoms with van der Waals surface area (Å²) in [7, 11) is 1.52. The predicted octanol–water partition coefficient (Wildman–Crippen LogP) is 3.23. The van der Waals surface area contributed by atoms with Crippen molar-refractivity contribution in [3.63, 3.8) is 0 Å². The highest BCUT2D eigenvalue weighted by Crippen LogP contribution is 2.18. The molecule has 0 aliphatic carbocycles. The second-order valence-corrected chi connectivity index (χ2v) is 8.07. The number of hydrogen-bond acceptors (Lipinski definition) is 5. The molecule has 10 heteroatoms. The van der Waals surface area contributed by atoms with Crippen molar-refractivity contribution in [3.8, 4) is 0 Å². The summed E-state index contributed by atoms with van der Waals surface area (Å²) in [6.07, 6.45) is -0.0653. The number of anilines is 1. The molecule has 4 N–H and O–H groups in total. The lowest BCUT2D eigenvalue weighted by atomic mass is 10.0. The molecule has 0 radical (unpaired) electrons. The number of nitrogens with zero attached hydrogens (tertiary/aromatic N) is 2. The monoisotopic (exact) mass is 512 g/mol. The van der Waals surface area contributed by atoms with Crippen LogP contribution in [0.25, 0.3) is 4.95 Å². The van der Waals surface area contributed by atoms with Crippen LogP contribution in [0.15, 0.2) is 89.9 Å². The Labute approximate surface area is 220 Å². The number of benzene rings is 3. The Morgan fingerprint density at radius 1 is 0.974 bits per heavy atom. The van der Waals surface area contributed by atoms with E-state index in [1.54, 1.807) is 24.3 Å². The summed E-state index contributed by atoms with van der Waals surface area (Å²) in [4.78, 5) is 44.8. The Morgan fingerprint density at radius 3 is 2.37 bits per heavy atom. The normalized spacial score (nSPS) is 11.4. The van der Waals surface area contributed by atoms with E-state index in [4.69, 9.17) is 11.3 Å². The molecule has 38 heavy (non-hydrogen) atoms. The number of guanidine groups is 1. The van der Waals surface area contributed by atoms with Crippen LogP contribution in [0, 0.1) is 6.57 Å². The van der Waals surface area contributed by atoms with Gasteiger partial charge < -0.3 is 20.7 Å². The highest BCUT2D eigenvalue weighted by atomic mass is 16.5. The molecule has 1 unspecified atom stereocenters. The minimum atomic E-state index is -0.627. The summed E-state index contributed by atoms with van der Waals surface area (Å²) in [6.45, 7) is 6.72. The van der Waals surface area contributed by atoms with Crippen molar-refractivity contribution in [1.82, 2.24) is 16.1 Å². The molecule has 3 aromatic carbocycles. The van der Waals surface area contributed by atoms with E-state index >= 15 is 0 Å². The lowest BCUT2D eigenvalue weighted by Crippen LogP contribution is -2.39. The van der Waals surface area contributed by atoms with E-state index in [0.29, 0.717) is 11.3 Å². The van der Waals surface area contributed by atoms with E-state index in [1.807, 2.05) is 60.7 Å². The zero-order chi connectivity index (χ0) is 27.2. The lowest BCUT2D eigenvalue weighted by molar-refractivity contribution is -0.145. The number of nitrogens with one attached hydrogen (secondary N) is 4. The van der Waals surface area contributed by atoms with Crippen LogP contribution >= 0.6 is 0 Å². The second kappa shape index (κ2) is 14.4. The van der Waals surface area contributed by atoms with Crippen LogP contribution in [0.5, 0.6) is 0 Å². The molecule has 3 rings (SSSR count). The smallest absolute Gasteiger partial charge is 0.308 e. The third-order valence-electron chi connectivity index (χ3n) is 5.33. The van der Waals surface area contributed by atoms with Gasteiger partial charge in [0.25, 0.3) is 11.9 Å². The second-order valence-electron chi connectivity index (χ2n) is 8.07. The maximum absolute atomic E-state index is 12.7. The van der Waals surface area contributed by atoms with Crippen molar-refractivity contribution in [2.24, 2.45) is 4.99 Å². The first-order valence-electron chi connectivity index (χ1n) is 11.8. The van der Waals surface area contributed by atoms with Gasteiger partial charge >= 0.3 is 5.97 Å². The van der Waals surface area contributed by atoms with Crippen molar-refractivity contribution in [1.29, 1.82) is 0 Å². The van der Waals surface area contributed by atoms with Crippen LogP contribution in [0.4, 0.5) is 5.69 Å². The number of carbonyl (C=O) groups excluding carboxylic acids is 3. The molecule has 0 aliphatic heterocycles. The van der Waals surface area contributed by atoms with Gasteiger partial charge in [0.05, 0.1) is 19.0 Å². The summed E-state index contributed by atoms with van der Waals surface area (Å²) < 4.78 is 5.38. The van der Waals surface area contributed by atoms with Crippen molar-refractivity contribution in [2.75, 3.05) is 18.9 Å². The van der Waals surface area contributed by atoms with Crippen LogP contribution in [-0.2, 0) is 20.9 Å². The highest BCUT2D eigenvalue weighted by molar-refractivity contribution is 5.99. The molecule has 1 atom stereocenters. The quantitative estimate of drug-likeness (QED) is 0.109. The summed E-state index contributed by atoms with van der Waals surface area (Å²) in [5, 5.41) is 8.29. The maximum Gasteiger partial charge on any atom is 0.308 e. The predicted molar refractivity (Wildman–Crippen MR) is 144 cm³/mol. The molecule has 194 valence electrons. The van der Waals surface area contributed by atoms with Crippen LogP contribution in [-0.4, -0.2) is 37.3 Å². The van der Waals surface area contributed by atoms with E-state index < -0.39 is 23.8 Å². The number of rotatable bonds is 10. The topological polar surface area (TPSA) is 125 Å². The van der Waals surface area contributed by atoms with Gasteiger partial charge in [-0.2, -0.15) is 11.5 Å². The summed E-state index contributed by atoms with van der Waals surface area (Å²) in [5.41, 5.74) is 4.83. The Hall–Kier alpha value is -5.17. The highest BCUT2D eigenvalue weighted by Gasteiger charge is 2.20. The van der Waals surface area contributed by atoms with Gasteiger partial charge in [-0.15, -0.1) is 0 Å². The molecule has 3 aromatic rings. The maximum atomic E-state index is 12.7. The van der Waals surface area contributed by atoms with E-state index in [9.17, 15) is 14.4 Å². The summed E-state index contributed by atoms with van der Waals surface area (Å²) in [6, 6.07) is 24.3. The van der Waals surface area contributed by atoms with Crippen LogP contribution in [0.3, 0.4) is 0 Å². The lowest BCUT2D eigenvalue weighted by Gasteiger charge is -2.19. The Kier molecular flexibility index (Phi) is 10.4. The number of hydrogen-bond donors (Lipinski definition) is 4. The molecule has 0 spiro atoms. The number of esters is 1. The largest absolute Gasteiger partial charge is 0.461 e. The van der Waals surface area contributed by atoms with Gasteiger partial charge in [-0.25, -0.2) is 0 Å². The van der Waals surface area contributed by atoms with Gasteiger partial charge in [0, 0.05) is 18.3 Å². The minimum absolute atomic E-state index is 0.0653. The summed E-state index contributed by atoms with van der Waals surface area (Å²) in [5.74, 6) is -1.15. The molecule has 0 aliphatic rings. The number of carbonyl (C=O) groups is 3. The van der Waals surface area contributed by atoms with E-state index in [2.05, 4.69) is 31.3 Å². The van der Waals surface area contributed by atoms with Gasteiger partial charge in [0.1, 0.15) is 6.61 Å². The average Bonchev–Trinajstić information content (AvgIpc) is 2.95. The number of aliphatic imine (C=N–C) groups is 1. The molecule has 0 fully saturated rings. The zero-order valence-corrected chi connectivity index (χ0v) is 20.8. The molecule has 0 aromatic heterocycles. The molecule has 2 amide bonds. The molecule has 0 bridgehead atoms. The standard InChI is InChI=1S/C28H28N6O4/c1-29-28(34-30-2)32-23-15-9-14-22(16-23)27(37)31-18-25(35)33-24(21-12-7-4-8-13-21)17-26(36)38-19-20-10-5-3-6-11-20/h3-16,24H,17-19H2,1H3,(H,31,37)(H,33,35)(H2,29,32,34). The van der Waals surface area contributed by atoms with Crippen LogP contribution in [0.2, 0.25) is 0 Å². The van der Waals surface area contributed by atoms with E-state index in [0.717, 1.165) is 11.1 Å². The van der Waals surface area contributed by atoms with Crippen molar-refractivity contribution in [2.45, 2.75) is 19.1 Å². The van der Waals surface area contributed by atoms with Gasteiger partial charge in [-0.3, -0.25) is 19.4 Å². The first-order valence-corrected chi connectivity index (χ1v) is 11.8. The number of amides is 2. The fourth-order valence-electron chi connectivity index (χ4n) is 3.47. The molecule has 0 heterocycles. The first kappa shape index (κ1) is 27.4. The summed E-state index contributed by atoms with van der Waals surface area (Å²) >= 11 is 0. The SMILES string of the molecule is [C-]#[N+]NC(=NC)Nc1cccc(C(=O)NCC(=O)NC(CC(=O)OCc2ccccc2)c2ccccc2)c1. The van der Waals surface area contributed by atoms with Crippen molar-refractivity contribution >= 4 is 29.4 Å². The van der Waals surface area contributed by atoms with Crippen molar-refractivity contribution in [3.05, 3.63) is 113 Å². The third kappa shape index (κ3) is 8.80. The van der Waals surface area contributed by atoms with Crippen molar-refractivity contribution < 1.29 is 19.1 Å². The van der Waals surface area contributed by atoms with Gasteiger partial charge in [0.2, 0.25) is 5.91 Å². The molecule has 0 saturated heterocycles. The Bertz CT molecular complexity index is 1310. The van der Waals surface area contributed by atoms with Crippen LogP contribution in [0.1, 0.15) is 33.9 Å². The van der Waals surface area contributed by atoms with E-state index in [1.165, 1.54) is 7.05 Å². The first-order chi connectivity index (χ1) is 18.5. The minimum Gasteiger partial charge on any atom is -0.461 e. The molecular weight excluding hydrogens is 484 g/mol. The molecule has 0 saturated carbocycles.